The molecule has 24 heavy (non-hydrogen) atoms. The topological polar surface area (TPSA) is 73.5 Å². The SMILES string of the molecule is CNCCC1CCN(CC(=O)NC(=O)Nc2ccccc2)CC1.Cl. The predicted molar refractivity (Wildman–Crippen MR) is 98.6 cm³/mol. The smallest absolute Gasteiger partial charge is 0.320 e. The molecule has 0 saturated carbocycles. The summed E-state index contributed by atoms with van der Waals surface area (Å²) < 4.78 is 0. The van der Waals surface area contributed by atoms with Gasteiger partial charge in [0.05, 0.1) is 6.54 Å². The molecule has 0 unspecified atom stereocenters. The molecule has 134 valence electrons. The molecule has 3 amide bonds. The fraction of sp³-hybridized carbons (Fsp3) is 0.529. The van der Waals surface area contributed by atoms with Crippen LogP contribution in [0.4, 0.5) is 10.5 Å². The summed E-state index contributed by atoms with van der Waals surface area (Å²) in [5, 5.41) is 8.20. The number of rotatable bonds is 6. The van der Waals surface area contributed by atoms with Crippen LogP contribution in [0, 0.1) is 5.92 Å². The van der Waals surface area contributed by atoms with Gasteiger partial charge >= 0.3 is 6.03 Å². The summed E-state index contributed by atoms with van der Waals surface area (Å²) in [6.45, 7) is 3.16. The molecule has 0 atom stereocenters. The first-order valence-corrected chi connectivity index (χ1v) is 8.20. The zero-order chi connectivity index (χ0) is 16.5. The molecule has 3 N–H and O–H groups in total. The van der Waals surface area contributed by atoms with E-state index in [1.54, 1.807) is 12.1 Å². The van der Waals surface area contributed by atoms with Crippen molar-refractivity contribution in [3.63, 3.8) is 0 Å². The van der Waals surface area contributed by atoms with E-state index in [1.165, 1.54) is 6.42 Å². The van der Waals surface area contributed by atoms with Crippen molar-refractivity contribution in [3.05, 3.63) is 30.3 Å². The molecule has 1 fully saturated rings. The molecule has 1 heterocycles. The van der Waals surface area contributed by atoms with Crippen molar-refractivity contribution in [2.75, 3.05) is 38.5 Å². The van der Waals surface area contributed by atoms with Crippen LogP contribution >= 0.6 is 12.4 Å². The maximum Gasteiger partial charge on any atom is 0.325 e. The highest BCUT2D eigenvalue weighted by molar-refractivity contribution is 6.01. The fourth-order valence-electron chi connectivity index (χ4n) is 2.83. The Morgan fingerprint density at radius 2 is 1.83 bits per heavy atom. The molecule has 0 bridgehead atoms. The molecular formula is C17H27ClN4O2. The standard InChI is InChI=1S/C17H26N4O2.ClH/c1-18-10-7-14-8-11-21(12-9-14)13-16(22)20-17(23)19-15-5-3-2-4-6-15;/h2-6,14,18H,7-13H2,1H3,(H2,19,20,22,23);1H. The number of halogens is 1. The number of likely N-dealkylation sites (tertiary alicyclic amines) is 1. The minimum atomic E-state index is -0.481. The van der Waals surface area contributed by atoms with Crippen LogP contribution in [0.3, 0.4) is 0 Å². The minimum absolute atomic E-state index is 0. The second-order valence-electron chi connectivity index (χ2n) is 5.98. The van der Waals surface area contributed by atoms with Gasteiger partial charge in [0.1, 0.15) is 0 Å². The normalized spacial score (nSPS) is 15.4. The Balaban J connectivity index is 0.00000288. The molecule has 0 spiro atoms. The van der Waals surface area contributed by atoms with Gasteiger partial charge in [-0.05, 0) is 64.0 Å². The molecule has 6 nitrogen and oxygen atoms in total. The quantitative estimate of drug-likeness (QED) is 0.731. The number of imide groups is 1. The summed E-state index contributed by atoms with van der Waals surface area (Å²) in [5.41, 5.74) is 0.670. The highest BCUT2D eigenvalue weighted by atomic mass is 35.5. The number of anilines is 1. The van der Waals surface area contributed by atoms with Crippen molar-refractivity contribution in [1.82, 2.24) is 15.5 Å². The highest BCUT2D eigenvalue weighted by Crippen LogP contribution is 2.19. The first kappa shape index (κ1) is 20.4. The first-order chi connectivity index (χ1) is 11.2. The maximum absolute atomic E-state index is 11.9. The van der Waals surface area contributed by atoms with E-state index < -0.39 is 6.03 Å². The molecule has 0 aliphatic carbocycles. The number of para-hydroxylation sites is 1. The van der Waals surface area contributed by atoms with Crippen LogP contribution in [0.5, 0.6) is 0 Å². The van der Waals surface area contributed by atoms with Crippen molar-refractivity contribution >= 4 is 30.0 Å². The fourth-order valence-corrected chi connectivity index (χ4v) is 2.83. The van der Waals surface area contributed by atoms with Crippen LogP contribution < -0.4 is 16.0 Å². The number of amides is 3. The number of urea groups is 1. The summed E-state index contributed by atoms with van der Waals surface area (Å²) in [5.74, 6) is 0.482. The van der Waals surface area contributed by atoms with Crippen molar-refractivity contribution in [1.29, 1.82) is 0 Å². The lowest BCUT2D eigenvalue weighted by molar-refractivity contribution is -0.121. The lowest BCUT2D eigenvalue weighted by Gasteiger charge is -2.31. The number of nitrogens with zero attached hydrogens (tertiary/aromatic N) is 1. The summed E-state index contributed by atoms with van der Waals surface area (Å²) in [7, 11) is 1.97. The third kappa shape index (κ3) is 7.29. The second kappa shape index (κ2) is 11.0. The van der Waals surface area contributed by atoms with Gasteiger partial charge in [-0.2, -0.15) is 0 Å². The number of carbonyl (C=O) groups is 2. The van der Waals surface area contributed by atoms with Crippen LogP contribution in [0.1, 0.15) is 19.3 Å². The average Bonchev–Trinajstić information content (AvgIpc) is 2.55. The van der Waals surface area contributed by atoms with Crippen molar-refractivity contribution < 1.29 is 9.59 Å². The molecule has 0 aromatic heterocycles. The summed E-state index contributed by atoms with van der Waals surface area (Å²) >= 11 is 0. The number of piperidine rings is 1. The Morgan fingerprint density at radius 1 is 1.17 bits per heavy atom. The molecule has 1 aromatic rings. The molecule has 7 heteroatoms. The lowest BCUT2D eigenvalue weighted by atomic mass is 9.93. The van der Waals surface area contributed by atoms with E-state index in [0.29, 0.717) is 5.69 Å². The van der Waals surface area contributed by atoms with Crippen LogP contribution in [-0.2, 0) is 4.79 Å². The number of benzene rings is 1. The van der Waals surface area contributed by atoms with E-state index in [1.807, 2.05) is 25.2 Å². The molecule has 1 aliphatic heterocycles. The van der Waals surface area contributed by atoms with Crippen LogP contribution in [0.15, 0.2) is 30.3 Å². The second-order valence-corrected chi connectivity index (χ2v) is 5.98. The Hall–Kier alpha value is -1.63. The number of nitrogens with one attached hydrogen (secondary N) is 3. The Morgan fingerprint density at radius 3 is 2.46 bits per heavy atom. The van der Waals surface area contributed by atoms with E-state index in [0.717, 1.165) is 38.4 Å². The van der Waals surface area contributed by atoms with Crippen molar-refractivity contribution in [2.24, 2.45) is 5.92 Å². The van der Waals surface area contributed by atoms with Gasteiger partial charge in [0.15, 0.2) is 0 Å². The Kier molecular flexibility index (Phi) is 9.37. The highest BCUT2D eigenvalue weighted by Gasteiger charge is 2.21. The van der Waals surface area contributed by atoms with Gasteiger partial charge in [-0.3, -0.25) is 15.0 Å². The zero-order valence-electron chi connectivity index (χ0n) is 14.1. The summed E-state index contributed by atoms with van der Waals surface area (Å²) in [4.78, 5) is 25.8. The van der Waals surface area contributed by atoms with E-state index in [9.17, 15) is 9.59 Å². The van der Waals surface area contributed by atoms with Gasteiger partial charge in [0.2, 0.25) is 5.91 Å². The Labute approximate surface area is 149 Å². The van der Waals surface area contributed by atoms with Gasteiger partial charge in [-0.1, -0.05) is 18.2 Å². The van der Waals surface area contributed by atoms with Gasteiger partial charge in [-0.25, -0.2) is 4.79 Å². The van der Waals surface area contributed by atoms with Gasteiger partial charge in [-0.15, -0.1) is 12.4 Å². The molecule has 1 aromatic carbocycles. The molecule has 1 aliphatic rings. The molecule has 1 saturated heterocycles. The van der Waals surface area contributed by atoms with Crippen molar-refractivity contribution in [3.8, 4) is 0 Å². The molecule has 2 rings (SSSR count). The summed E-state index contributed by atoms with van der Waals surface area (Å²) in [6.07, 6.45) is 3.42. The average molecular weight is 355 g/mol. The van der Waals surface area contributed by atoms with E-state index >= 15 is 0 Å². The van der Waals surface area contributed by atoms with Gasteiger partial charge in [0.25, 0.3) is 0 Å². The van der Waals surface area contributed by atoms with Crippen LogP contribution in [0.2, 0.25) is 0 Å². The predicted octanol–water partition coefficient (Wildman–Crippen LogP) is 2.08. The third-order valence-corrected chi connectivity index (χ3v) is 4.16. The number of hydrogen-bond acceptors (Lipinski definition) is 4. The molecule has 0 radical (unpaired) electrons. The molecular weight excluding hydrogens is 328 g/mol. The number of hydrogen-bond donors (Lipinski definition) is 3. The van der Waals surface area contributed by atoms with Crippen molar-refractivity contribution in [2.45, 2.75) is 19.3 Å². The van der Waals surface area contributed by atoms with E-state index in [-0.39, 0.29) is 24.9 Å². The van der Waals surface area contributed by atoms with E-state index in [2.05, 4.69) is 20.9 Å². The van der Waals surface area contributed by atoms with Gasteiger partial charge in [0, 0.05) is 5.69 Å². The van der Waals surface area contributed by atoms with Crippen LogP contribution in [-0.4, -0.2) is 50.1 Å². The first-order valence-electron chi connectivity index (χ1n) is 8.20. The van der Waals surface area contributed by atoms with E-state index in [4.69, 9.17) is 0 Å². The Bertz CT molecular complexity index is 505. The van der Waals surface area contributed by atoms with Crippen LogP contribution in [0.25, 0.3) is 0 Å². The lowest BCUT2D eigenvalue weighted by Crippen LogP contribution is -2.44. The zero-order valence-corrected chi connectivity index (χ0v) is 14.9. The summed E-state index contributed by atoms with van der Waals surface area (Å²) in [6, 6.07) is 8.60. The number of carbonyl (C=O) groups excluding carboxylic acids is 2. The van der Waals surface area contributed by atoms with Gasteiger partial charge < -0.3 is 10.6 Å². The largest absolute Gasteiger partial charge is 0.325 e. The minimum Gasteiger partial charge on any atom is -0.320 e. The maximum atomic E-state index is 11.9. The monoisotopic (exact) mass is 354 g/mol. The third-order valence-electron chi connectivity index (χ3n) is 4.16.